The zero-order valence-electron chi connectivity index (χ0n) is 12.1. The molecule has 1 saturated carbocycles. The van der Waals surface area contributed by atoms with Crippen molar-refractivity contribution in [1.82, 2.24) is 9.88 Å². The molecule has 2 rings (SSSR count). The number of hydrogen-bond donors (Lipinski definition) is 2. The summed E-state index contributed by atoms with van der Waals surface area (Å²) in [5, 5.41) is 9.79. The molecule has 0 radical (unpaired) electrons. The van der Waals surface area contributed by atoms with Crippen molar-refractivity contribution in [2.45, 2.75) is 44.8 Å². The summed E-state index contributed by atoms with van der Waals surface area (Å²) in [6.45, 7) is 2.69. The molecule has 5 nitrogen and oxygen atoms in total. The summed E-state index contributed by atoms with van der Waals surface area (Å²) in [6, 6.07) is -0.177. The van der Waals surface area contributed by atoms with Crippen LogP contribution in [0.5, 0.6) is 0 Å². The molecule has 1 heterocycles. The maximum absolute atomic E-state index is 12.4. The second-order valence-corrected chi connectivity index (χ2v) is 6.55. The van der Waals surface area contributed by atoms with Crippen LogP contribution in [0.2, 0.25) is 0 Å². The molecule has 0 aliphatic heterocycles. The van der Waals surface area contributed by atoms with Gasteiger partial charge in [0.1, 0.15) is 0 Å². The van der Waals surface area contributed by atoms with Crippen LogP contribution in [0.25, 0.3) is 0 Å². The van der Waals surface area contributed by atoms with Gasteiger partial charge in [-0.05, 0) is 26.2 Å². The van der Waals surface area contributed by atoms with Crippen molar-refractivity contribution < 1.29 is 9.90 Å². The number of hydrogen-bond acceptors (Lipinski definition) is 5. The van der Waals surface area contributed by atoms with E-state index in [-0.39, 0.29) is 17.9 Å². The largest absolute Gasteiger partial charge is 0.391 e. The number of carbonyl (C=O) groups excluding carboxylic acids is 1. The SMILES string of the molecule is Cc1ncsc1CCN(C)C(=O)[C@H]1CC[C@@H](N)[C@H](O)C1. The predicted octanol–water partition coefficient (Wildman–Crippen LogP) is 0.941. The highest BCUT2D eigenvalue weighted by Crippen LogP contribution is 2.25. The minimum atomic E-state index is -0.546. The predicted molar refractivity (Wildman–Crippen MR) is 79.5 cm³/mol. The lowest BCUT2D eigenvalue weighted by Gasteiger charge is -2.32. The first-order chi connectivity index (χ1) is 9.49. The number of nitrogens with two attached hydrogens (primary N) is 1. The van der Waals surface area contributed by atoms with E-state index in [1.165, 1.54) is 4.88 Å². The Labute approximate surface area is 123 Å². The van der Waals surface area contributed by atoms with Gasteiger partial charge in [0, 0.05) is 36.9 Å². The lowest BCUT2D eigenvalue weighted by Crippen LogP contribution is -2.45. The highest BCUT2D eigenvalue weighted by molar-refractivity contribution is 7.09. The van der Waals surface area contributed by atoms with E-state index in [1.54, 1.807) is 16.2 Å². The Morgan fingerprint density at radius 1 is 1.60 bits per heavy atom. The molecule has 3 N–H and O–H groups in total. The van der Waals surface area contributed by atoms with Crippen LogP contribution in [0.1, 0.15) is 29.8 Å². The quantitative estimate of drug-likeness (QED) is 0.867. The van der Waals surface area contributed by atoms with Crippen molar-refractivity contribution in [3.8, 4) is 0 Å². The van der Waals surface area contributed by atoms with E-state index in [2.05, 4.69) is 4.98 Å². The number of likely N-dealkylation sites (N-methyl/N-ethyl adjacent to an activating group) is 1. The van der Waals surface area contributed by atoms with E-state index < -0.39 is 6.10 Å². The van der Waals surface area contributed by atoms with Crippen molar-refractivity contribution in [3.05, 3.63) is 16.1 Å². The van der Waals surface area contributed by atoms with E-state index in [0.717, 1.165) is 25.0 Å². The van der Waals surface area contributed by atoms with Crippen LogP contribution in [0, 0.1) is 12.8 Å². The summed E-state index contributed by atoms with van der Waals surface area (Å²) in [5.74, 6) is 0.0375. The molecule has 1 aromatic rings. The average molecular weight is 297 g/mol. The molecule has 1 fully saturated rings. The van der Waals surface area contributed by atoms with Crippen molar-refractivity contribution in [2.24, 2.45) is 11.7 Å². The van der Waals surface area contributed by atoms with Crippen molar-refractivity contribution in [1.29, 1.82) is 0 Å². The van der Waals surface area contributed by atoms with E-state index in [0.29, 0.717) is 13.0 Å². The van der Waals surface area contributed by atoms with Crippen LogP contribution in [0.4, 0.5) is 0 Å². The van der Waals surface area contributed by atoms with Gasteiger partial charge in [-0.1, -0.05) is 0 Å². The topological polar surface area (TPSA) is 79.5 Å². The van der Waals surface area contributed by atoms with Gasteiger partial charge in [-0.3, -0.25) is 4.79 Å². The van der Waals surface area contributed by atoms with Crippen molar-refractivity contribution >= 4 is 17.2 Å². The standard InChI is InChI=1S/C14H23N3O2S/c1-9-13(20-8-16-9)5-6-17(2)14(19)10-3-4-11(15)12(18)7-10/h8,10-12,18H,3-7,15H2,1-2H3/t10-,11+,12+/m0/s1. The van der Waals surface area contributed by atoms with E-state index in [9.17, 15) is 9.90 Å². The normalized spacial score (nSPS) is 26.5. The van der Waals surface area contributed by atoms with E-state index in [1.807, 2.05) is 19.5 Å². The fraction of sp³-hybridized carbons (Fsp3) is 0.714. The van der Waals surface area contributed by atoms with Crippen LogP contribution in [0.3, 0.4) is 0 Å². The molecular weight excluding hydrogens is 274 g/mol. The number of amides is 1. The van der Waals surface area contributed by atoms with Gasteiger partial charge in [0.05, 0.1) is 17.3 Å². The molecule has 1 aromatic heterocycles. The van der Waals surface area contributed by atoms with Crippen LogP contribution in [-0.4, -0.2) is 46.6 Å². The summed E-state index contributed by atoms with van der Waals surface area (Å²) < 4.78 is 0. The van der Waals surface area contributed by atoms with E-state index >= 15 is 0 Å². The molecule has 0 bridgehead atoms. The van der Waals surface area contributed by atoms with Gasteiger partial charge < -0.3 is 15.7 Å². The molecule has 112 valence electrons. The Morgan fingerprint density at radius 3 is 2.95 bits per heavy atom. The Balaban J connectivity index is 1.84. The van der Waals surface area contributed by atoms with Gasteiger partial charge in [0.15, 0.2) is 0 Å². The van der Waals surface area contributed by atoms with Gasteiger partial charge in [-0.25, -0.2) is 4.98 Å². The molecule has 1 amide bonds. The number of thiazole rings is 1. The Bertz CT molecular complexity index is 463. The highest BCUT2D eigenvalue weighted by Gasteiger charge is 2.32. The fourth-order valence-corrected chi connectivity index (χ4v) is 3.42. The highest BCUT2D eigenvalue weighted by atomic mass is 32.1. The third-order valence-electron chi connectivity index (χ3n) is 4.11. The van der Waals surface area contributed by atoms with Gasteiger partial charge in [0.25, 0.3) is 0 Å². The maximum Gasteiger partial charge on any atom is 0.225 e. The van der Waals surface area contributed by atoms with Gasteiger partial charge in [-0.2, -0.15) is 0 Å². The van der Waals surface area contributed by atoms with E-state index in [4.69, 9.17) is 5.73 Å². The first-order valence-electron chi connectivity index (χ1n) is 7.06. The number of rotatable bonds is 4. The molecule has 1 aliphatic carbocycles. The van der Waals surface area contributed by atoms with Gasteiger partial charge in [0.2, 0.25) is 5.91 Å². The molecule has 20 heavy (non-hydrogen) atoms. The zero-order chi connectivity index (χ0) is 14.7. The minimum absolute atomic E-state index is 0.0858. The van der Waals surface area contributed by atoms with Crippen molar-refractivity contribution in [2.75, 3.05) is 13.6 Å². The number of carbonyl (C=O) groups is 1. The summed E-state index contributed by atoms with van der Waals surface area (Å²) in [4.78, 5) is 19.6. The Hall–Kier alpha value is -0.980. The van der Waals surface area contributed by atoms with Crippen LogP contribution in [0.15, 0.2) is 5.51 Å². The van der Waals surface area contributed by atoms with Crippen LogP contribution < -0.4 is 5.73 Å². The molecule has 6 heteroatoms. The van der Waals surface area contributed by atoms with Crippen LogP contribution >= 0.6 is 11.3 Å². The molecule has 0 aromatic carbocycles. The second-order valence-electron chi connectivity index (χ2n) is 5.61. The number of nitrogens with zero attached hydrogens (tertiary/aromatic N) is 2. The first-order valence-corrected chi connectivity index (χ1v) is 7.94. The molecule has 0 saturated heterocycles. The van der Waals surface area contributed by atoms with Crippen LogP contribution in [-0.2, 0) is 11.2 Å². The summed E-state index contributed by atoms with van der Waals surface area (Å²) in [5.41, 5.74) is 8.67. The monoisotopic (exact) mass is 297 g/mol. The number of aromatic nitrogens is 1. The lowest BCUT2D eigenvalue weighted by atomic mass is 9.83. The number of aliphatic hydroxyl groups excluding tert-OH is 1. The minimum Gasteiger partial charge on any atom is -0.391 e. The van der Waals surface area contributed by atoms with Gasteiger partial charge >= 0.3 is 0 Å². The second kappa shape index (κ2) is 6.65. The maximum atomic E-state index is 12.4. The van der Waals surface area contributed by atoms with Gasteiger partial charge in [-0.15, -0.1) is 11.3 Å². The molecule has 0 unspecified atom stereocenters. The smallest absolute Gasteiger partial charge is 0.225 e. The summed E-state index contributed by atoms with van der Waals surface area (Å²) in [6.07, 6.45) is 2.28. The molecule has 1 aliphatic rings. The Kier molecular flexibility index (Phi) is 5.12. The lowest BCUT2D eigenvalue weighted by molar-refractivity contribution is -0.136. The first kappa shape index (κ1) is 15.4. The number of aryl methyl sites for hydroxylation is 1. The molecular formula is C14H23N3O2S. The third-order valence-corrected chi connectivity index (χ3v) is 5.11. The Morgan fingerprint density at radius 2 is 2.35 bits per heavy atom. The van der Waals surface area contributed by atoms with Crippen molar-refractivity contribution in [3.63, 3.8) is 0 Å². The fourth-order valence-electron chi connectivity index (χ4n) is 2.65. The molecule has 0 spiro atoms. The summed E-state index contributed by atoms with van der Waals surface area (Å²) in [7, 11) is 1.83. The summed E-state index contributed by atoms with van der Waals surface area (Å²) >= 11 is 1.63. The third kappa shape index (κ3) is 3.56. The molecule has 3 atom stereocenters. The number of aliphatic hydroxyl groups is 1. The zero-order valence-corrected chi connectivity index (χ0v) is 12.9. The average Bonchev–Trinajstić information content (AvgIpc) is 2.84.